The highest BCUT2D eigenvalue weighted by Gasteiger charge is 2.04. The molecule has 0 aromatic carbocycles. The van der Waals surface area contributed by atoms with Crippen LogP contribution in [0.5, 0.6) is 0 Å². The lowest BCUT2D eigenvalue weighted by Gasteiger charge is -2.04. The first-order chi connectivity index (χ1) is 8.11. The summed E-state index contributed by atoms with van der Waals surface area (Å²) in [6.45, 7) is 2.31. The minimum Gasteiger partial charge on any atom is -0.354 e. The van der Waals surface area contributed by atoms with Gasteiger partial charge in [-0.15, -0.1) is 11.3 Å². The van der Waals surface area contributed by atoms with Gasteiger partial charge in [0.1, 0.15) is 0 Å². The largest absolute Gasteiger partial charge is 0.354 e. The lowest BCUT2D eigenvalue weighted by Crippen LogP contribution is -2.40. The van der Waals surface area contributed by atoms with Crippen molar-refractivity contribution < 1.29 is 9.59 Å². The molecule has 4 N–H and O–H groups in total. The van der Waals surface area contributed by atoms with E-state index < -0.39 is 0 Å². The molecule has 1 aromatic rings. The fraction of sp³-hybridized carbons (Fsp3) is 0.500. The highest BCUT2D eigenvalue weighted by molar-refractivity contribution is 7.09. The number of aryl methyl sites for hydroxylation is 1. The van der Waals surface area contributed by atoms with Gasteiger partial charge in [-0.05, 0) is 6.92 Å². The van der Waals surface area contributed by atoms with Crippen molar-refractivity contribution >= 4 is 23.2 Å². The van der Waals surface area contributed by atoms with Gasteiger partial charge in [-0.2, -0.15) is 0 Å². The van der Waals surface area contributed by atoms with E-state index in [0.717, 1.165) is 10.7 Å². The van der Waals surface area contributed by atoms with Crippen molar-refractivity contribution in [1.29, 1.82) is 0 Å². The molecule has 0 saturated heterocycles. The molecule has 94 valence electrons. The first-order valence-electron chi connectivity index (χ1n) is 5.26. The Kier molecular flexibility index (Phi) is 5.58. The zero-order valence-electron chi connectivity index (χ0n) is 9.66. The van der Waals surface area contributed by atoms with Gasteiger partial charge in [-0.1, -0.05) is 0 Å². The van der Waals surface area contributed by atoms with Gasteiger partial charge < -0.3 is 16.4 Å². The monoisotopic (exact) mass is 256 g/mol. The maximum Gasteiger partial charge on any atom is 0.239 e. The van der Waals surface area contributed by atoms with Crippen LogP contribution in [0, 0.1) is 6.92 Å². The molecule has 0 radical (unpaired) electrons. The number of rotatable bonds is 6. The minimum absolute atomic E-state index is 0.0348. The number of nitrogens with one attached hydrogen (secondary N) is 2. The normalized spacial score (nSPS) is 10.0. The number of amides is 2. The SMILES string of the molecule is Cc1csc(CCNC(=O)CNC(=O)CN)n1. The van der Waals surface area contributed by atoms with Gasteiger partial charge in [0.25, 0.3) is 0 Å². The third kappa shape index (κ3) is 5.41. The number of hydrogen-bond donors (Lipinski definition) is 3. The lowest BCUT2D eigenvalue weighted by atomic mass is 10.4. The van der Waals surface area contributed by atoms with E-state index in [4.69, 9.17) is 5.73 Å². The Bertz CT molecular complexity index is 391. The van der Waals surface area contributed by atoms with Crippen molar-refractivity contribution in [2.75, 3.05) is 19.6 Å². The Labute approximate surface area is 104 Å². The number of thiazole rings is 1. The molecule has 1 rings (SSSR count). The average molecular weight is 256 g/mol. The molecular weight excluding hydrogens is 240 g/mol. The maximum absolute atomic E-state index is 11.3. The molecule has 2 amide bonds. The van der Waals surface area contributed by atoms with Gasteiger partial charge in [0.15, 0.2) is 0 Å². The number of carbonyl (C=O) groups is 2. The molecule has 7 heteroatoms. The van der Waals surface area contributed by atoms with Crippen LogP contribution in [0.3, 0.4) is 0 Å². The molecule has 1 aromatic heterocycles. The van der Waals surface area contributed by atoms with Crippen LogP contribution in [0.1, 0.15) is 10.7 Å². The molecule has 6 nitrogen and oxygen atoms in total. The molecule has 1 heterocycles. The number of nitrogens with two attached hydrogens (primary N) is 1. The molecule has 0 aliphatic rings. The zero-order valence-corrected chi connectivity index (χ0v) is 10.5. The first kappa shape index (κ1) is 13.6. The Morgan fingerprint density at radius 1 is 1.41 bits per heavy atom. The Hall–Kier alpha value is -1.47. The topological polar surface area (TPSA) is 97.1 Å². The molecule has 17 heavy (non-hydrogen) atoms. The van der Waals surface area contributed by atoms with Crippen LogP contribution in [0.25, 0.3) is 0 Å². The summed E-state index contributed by atoms with van der Waals surface area (Å²) in [5.41, 5.74) is 6.08. The van der Waals surface area contributed by atoms with Crippen LogP contribution in [-0.2, 0) is 16.0 Å². The highest BCUT2D eigenvalue weighted by atomic mass is 32.1. The molecule has 0 fully saturated rings. The van der Waals surface area contributed by atoms with Gasteiger partial charge in [0, 0.05) is 24.0 Å². The molecule has 0 aliphatic heterocycles. The van der Waals surface area contributed by atoms with E-state index in [9.17, 15) is 9.59 Å². The van der Waals surface area contributed by atoms with Gasteiger partial charge >= 0.3 is 0 Å². The zero-order chi connectivity index (χ0) is 12.7. The summed E-state index contributed by atoms with van der Waals surface area (Å²) in [5.74, 6) is -0.559. The summed E-state index contributed by atoms with van der Waals surface area (Å²) < 4.78 is 0. The van der Waals surface area contributed by atoms with Crippen molar-refractivity contribution in [2.45, 2.75) is 13.3 Å². The van der Waals surface area contributed by atoms with E-state index in [0.29, 0.717) is 13.0 Å². The summed E-state index contributed by atoms with van der Waals surface area (Å²) in [7, 11) is 0. The third-order valence-electron chi connectivity index (χ3n) is 1.96. The second kappa shape index (κ2) is 6.97. The smallest absolute Gasteiger partial charge is 0.239 e. The van der Waals surface area contributed by atoms with Gasteiger partial charge in [0.2, 0.25) is 11.8 Å². The molecular formula is C10H16N4O2S. The van der Waals surface area contributed by atoms with Crippen molar-refractivity contribution in [3.8, 4) is 0 Å². The predicted molar refractivity (Wildman–Crippen MR) is 65.6 cm³/mol. The van der Waals surface area contributed by atoms with Crippen LogP contribution in [-0.4, -0.2) is 36.4 Å². The summed E-state index contributed by atoms with van der Waals surface area (Å²) in [4.78, 5) is 26.3. The van der Waals surface area contributed by atoms with Crippen LogP contribution in [0.15, 0.2) is 5.38 Å². The second-order valence-corrected chi connectivity index (χ2v) is 4.41. The summed E-state index contributed by atoms with van der Waals surface area (Å²) in [6.07, 6.45) is 0.703. The van der Waals surface area contributed by atoms with Crippen LogP contribution < -0.4 is 16.4 Å². The van der Waals surface area contributed by atoms with E-state index in [1.807, 2.05) is 12.3 Å². The third-order valence-corrected chi connectivity index (χ3v) is 2.99. The van der Waals surface area contributed by atoms with Gasteiger partial charge in [-0.3, -0.25) is 9.59 Å². The fourth-order valence-corrected chi connectivity index (χ4v) is 1.92. The Morgan fingerprint density at radius 2 is 2.18 bits per heavy atom. The Morgan fingerprint density at radius 3 is 2.76 bits per heavy atom. The van der Waals surface area contributed by atoms with Gasteiger partial charge in [0.05, 0.1) is 18.1 Å². The van der Waals surface area contributed by atoms with Crippen molar-refractivity contribution in [1.82, 2.24) is 15.6 Å². The van der Waals surface area contributed by atoms with E-state index in [1.165, 1.54) is 0 Å². The Balaban J connectivity index is 2.14. The molecule has 0 bridgehead atoms. The number of aromatic nitrogens is 1. The highest BCUT2D eigenvalue weighted by Crippen LogP contribution is 2.08. The second-order valence-electron chi connectivity index (χ2n) is 3.46. The average Bonchev–Trinajstić information content (AvgIpc) is 2.72. The maximum atomic E-state index is 11.3. The lowest BCUT2D eigenvalue weighted by molar-refractivity contribution is -0.125. The summed E-state index contributed by atoms with van der Waals surface area (Å²) in [6, 6.07) is 0. The van der Waals surface area contributed by atoms with E-state index in [1.54, 1.807) is 11.3 Å². The summed E-state index contributed by atoms with van der Waals surface area (Å²) in [5, 5.41) is 8.05. The van der Waals surface area contributed by atoms with Crippen molar-refractivity contribution in [3.05, 3.63) is 16.1 Å². The van der Waals surface area contributed by atoms with E-state index in [2.05, 4.69) is 15.6 Å². The van der Waals surface area contributed by atoms with Crippen molar-refractivity contribution in [3.63, 3.8) is 0 Å². The first-order valence-corrected chi connectivity index (χ1v) is 6.14. The van der Waals surface area contributed by atoms with Crippen LogP contribution >= 0.6 is 11.3 Å². The molecule has 0 atom stereocenters. The minimum atomic E-state index is -0.337. The molecule has 0 spiro atoms. The van der Waals surface area contributed by atoms with E-state index in [-0.39, 0.29) is 24.9 Å². The van der Waals surface area contributed by atoms with Crippen LogP contribution in [0.4, 0.5) is 0 Å². The molecule has 0 saturated carbocycles. The fourth-order valence-electron chi connectivity index (χ4n) is 1.14. The standard InChI is InChI=1S/C10H16N4O2S/c1-7-6-17-10(14-7)2-3-12-9(16)5-13-8(15)4-11/h6H,2-5,11H2,1H3,(H,12,16)(H,13,15). The number of nitrogens with zero attached hydrogens (tertiary/aromatic N) is 1. The summed E-state index contributed by atoms with van der Waals surface area (Å²) >= 11 is 1.57. The van der Waals surface area contributed by atoms with Crippen LogP contribution in [0.2, 0.25) is 0 Å². The quantitative estimate of drug-likeness (QED) is 0.620. The predicted octanol–water partition coefficient (Wildman–Crippen LogP) is -0.815. The van der Waals surface area contributed by atoms with Crippen molar-refractivity contribution in [2.24, 2.45) is 5.73 Å². The number of hydrogen-bond acceptors (Lipinski definition) is 5. The van der Waals surface area contributed by atoms with E-state index >= 15 is 0 Å². The molecule has 0 unspecified atom stereocenters. The van der Waals surface area contributed by atoms with Gasteiger partial charge in [-0.25, -0.2) is 4.98 Å². The number of carbonyl (C=O) groups excluding carboxylic acids is 2. The molecule has 0 aliphatic carbocycles.